The summed E-state index contributed by atoms with van der Waals surface area (Å²) in [5.41, 5.74) is 0.317. The molecule has 0 aromatic heterocycles. The molecule has 2 aromatic rings. The van der Waals surface area contributed by atoms with E-state index in [1.54, 1.807) is 0 Å². The minimum Gasteiger partial charge on any atom is -0.507 e. The Morgan fingerprint density at radius 3 is 1.88 bits per heavy atom. The number of carboxylic acids is 1. The van der Waals surface area contributed by atoms with E-state index < -0.39 is 40.7 Å². The van der Waals surface area contributed by atoms with Crippen molar-refractivity contribution in [3.8, 4) is 17.2 Å². The number of aliphatic hydroxyl groups is 1. The molecule has 0 saturated carbocycles. The van der Waals surface area contributed by atoms with Crippen molar-refractivity contribution in [1.29, 1.82) is 0 Å². The van der Waals surface area contributed by atoms with Crippen LogP contribution in [0.4, 0.5) is 5.69 Å². The smallest absolute Gasteiger partial charge is 0.376 e. The van der Waals surface area contributed by atoms with Crippen LogP contribution < -0.4 is 5.32 Å². The number of anilines is 1. The lowest BCUT2D eigenvalue weighted by Crippen LogP contribution is -2.11. The molecule has 0 unspecified atom stereocenters. The van der Waals surface area contributed by atoms with Gasteiger partial charge >= 0.3 is 5.97 Å². The number of phenols is 3. The van der Waals surface area contributed by atoms with Crippen molar-refractivity contribution in [1.82, 2.24) is 0 Å². The van der Waals surface area contributed by atoms with Gasteiger partial charge in [0.25, 0.3) is 11.7 Å². The molecule has 6 N–H and O–H groups in total. The standard InChI is InChI=1S/C17H13NO8/c19-11(7-14(22)17(25)26)8-1-3-10(4-2-8)18-16(24)9-5-12(20)15(23)13(21)6-9/h1-7,19-21,23H,(H,18,24)(H,25,26)/b11-7-. The molecule has 9 heteroatoms. The molecule has 0 spiro atoms. The second kappa shape index (κ2) is 7.26. The first-order chi connectivity index (χ1) is 12.2. The molecule has 0 aliphatic carbocycles. The second-order valence-corrected chi connectivity index (χ2v) is 5.09. The van der Waals surface area contributed by atoms with Crippen molar-refractivity contribution < 1.29 is 39.9 Å². The minimum absolute atomic E-state index is 0.114. The Labute approximate surface area is 146 Å². The number of carboxylic acid groups (broad SMARTS) is 1. The number of aliphatic carboxylic acids is 1. The highest BCUT2D eigenvalue weighted by Crippen LogP contribution is 2.35. The minimum atomic E-state index is -1.71. The molecule has 9 nitrogen and oxygen atoms in total. The van der Waals surface area contributed by atoms with Crippen LogP contribution in [0.1, 0.15) is 15.9 Å². The predicted octanol–water partition coefficient (Wildman–Crippen LogP) is 1.61. The summed E-state index contributed by atoms with van der Waals surface area (Å²) < 4.78 is 0. The van der Waals surface area contributed by atoms with Gasteiger partial charge in [-0.2, -0.15) is 0 Å². The molecule has 0 heterocycles. The summed E-state index contributed by atoms with van der Waals surface area (Å²) in [4.78, 5) is 33.5. The third-order valence-electron chi connectivity index (χ3n) is 3.25. The fraction of sp³-hybridized carbons (Fsp3) is 0. The highest BCUT2D eigenvalue weighted by Gasteiger charge is 2.14. The maximum atomic E-state index is 12.1. The summed E-state index contributed by atoms with van der Waals surface area (Å²) >= 11 is 0. The lowest BCUT2D eigenvalue weighted by molar-refractivity contribution is -0.146. The highest BCUT2D eigenvalue weighted by molar-refractivity contribution is 6.38. The SMILES string of the molecule is O=C(O)C(=O)/C=C(\O)c1ccc(NC(=O)c2cc(O)c(O)c(O)c2)cc1. The van der Waals surface area contributed by atoms with Crippen LogP contribution in [0.15, 0.2) is 42.5 Å². The molecule has 2 aromatic carbocycles. The van der Waals surface area contributed by atoms with Crippen LogP contribution in [0.3, 0.4) is 0 Å². The van der Waals surface area contributed by atoms with Crippen molar-refractivity contribution in [3.05, 3.63) is 53.6 Å². The van der Waals surface area contributed by atoms with E-state index in [4.69, 9.17) is 5.11 Å². The Bertz CT molecular complexity index is 892. The first-order valence-electron chi connectivity index (χ1n) is 7.03. The molecular formula is C17H13NO8. The zero-order valence-electron chi connectivity index (χ0n) is 13.0. The number of aromatic hydroxyl groups is 3. The number of hydrogen-bond donors (Lipinski definition) is 6. The van der Waals surface area contributed by atoms with Gasteiger partial charge in [-0.15, -0.1) is 0 Å². The molecule has 0 fully saturated rings. The number of hydrogen-bond acceptors (Lipinski definition) is 7. The van der Waals surface area contributed by atoms with Crippen molar-refractivity contribution in [2.24, 2.45) is 0 Å². The Morgan fingerprint density at radius 2 is 1.38 bits per heavy atom. The van der Waals surface area contributed by atoms with Gasteiger partial charge in [0, 0.05) is 22.9 Å². The first-order valence-corrected chi connectivity index (χ1v) is 7.03. The summed E-state index contributed by atoms with van der Waals surface area (Å²) in [7, 11) is 0. The molecule has 26 heavy (non-hydrogen) atoms. The molecule has 0 aliphatic rings. The largest absolute Gasteiger partial charge is 0.507 e. The van der Waals surface area contributed by atoms with Crippen molar-refractivity contribution >= 4 is 29.1 Å². The van der Waals surface area contributed by atoms with Gasteiger partial charge in [0.1, 0.15) is 5.76 Å². The van der Waals surface area contributed by atoms with Gasteiger partial charge in [-0.1, -0.05) is 0 Å². The predicted molar refractivity (Wildman–Crippen MR) is 89.1 cm³/mol. The number of carbonyl (C=O) groups excluding carboxylic acids is 2. The number of nitrogens with one attached hydrogen (secondary N) is 1. The van der Waals surface area contributed by atoms with Crippen LogP contribution in [-0.4, -0.2) is 43.2 Å². The fourth-order valence-electron chi connectivity index (χ4n) is 1.93. The number of amides is 1. The monoisotopic (exact) mass is 359 g/mol. The quantitative estimate of drug-likeness (QED) is 0.203. The van der Waals surface area contributed by atoms with Crippen LogP contribution in [0.2, 0.25) is 0 Å². The Kier molecular flexibility index (Phi) is 5.12. The zero-order valence-corrected chi connectivity index (χ0v) is 13.0. The van der Waals surface area contributed by atoms with Gasteiger partial charge in [0.15, 0.2) is 17.2 Å². The normalized spacial score (nSPS) is 11.0. The van der Waals surface area contributed by atoms with Gasteiger partial charge in [0.05, 0.1) is 0 Å². The molecule has 0 saturated heterocycles. The number of benzene rings is 2. The van der Waals surface area contributed by atoms with Crippen LogP contribution in [0.5, 0.6) is 17.2 Å². The molecule has 134 valence electrons. The second-order valence-electron chi connectivity index (χ2n) is 5.09. The van der Waals surface area contributed by atoms with Crippen LogP contribution in [0.25, 0.3) is 5.76 Å². The lowest BCUT2D eigenvalue weighted by atomic mass is 10.1. The first kappa shape index (κ1) is 18.3. The molecular weight excluding hydrogens is 346 g/mol. The molecule has 0 bridgehead atoms. The number of carbonyl (C=O) groups is 3. The van der Waals surface area contributed by atoms with E-state index in [2.05, 4.69) is 5.32 Å². The van der Waals surface area contributed by atoms with E-state index >= 15 is 0 Å². The van der Waals surface area contributed by atoms with E-state index in [-0.39, 0.29) is 16.8 Å². The Morgan fingerprint density at radius 1 is 0.846 bits per heavy atom. The van der Waals surface area contributed by atoms with Gasteiger partial charge in [-0.05, 0) is 36.4 Å². The van der Waals surface area contributed by atoms with Crippen LogP contribution in [0, 0.1) is 0 Å². The third-order valence-corrected chi connectivity index (χ3v) is 3.25. The maximum Gasteiger partial charge on any atom is 0.376 e. The van der Waals surface area contributed by atoms with Crippen molar-refractivity contribution in [2.45, 2.75) is 0 Å². The summed E-state index contributed by atoms with van der Waals surface area (Å²) in [6.45, 7) is 0. The number of aliphatic hydroxyl groups excluding tert-OH is 1. The van der Waals surface area contributed by atoms with Gasteiger partial charge in [-0.3, -0.25) is 9.59 Å². The van der Waals surface area contributed by atoms with E-state index in [0.717, 1.165) is 12.1 Å². The molecule has 2 rings (SSSR count). The van der Waals surface area contributed by atoms with E-state index in [0.29, 0.717) is 6.08 Å². The van der Waals surface area contributed by atoms with Gasteiger partial charge in [-0.25, -0.2) is 4.79 Å². The van der Waals surface area contributed by atoms with E-state index in [9.17, 15) is 34.8 Å². The molecule has 0 aliphatic heterocycles. The van der Waals surface area contributed by atoms with Crippen LogP contribution >= 0.6 is 0 Å². The summed E-state index contributed by atoms with van der Waals surface area (Å²) in [6, 6.07) is 7.35. The highest BCUT2D eigenvalue weighted by atomic mass is 16.4. The average Bonchev–Trinajstić information content (AvgIpc) is 2.59. The average molecular weight is 359 g/mol. The van der Waals surface area contributed by atoms with Gasteiger partial charge < -0.3 is 30.8 Å². The number of rotatable bonds is 5. The zero-order chi connectivity index (χ0) is 19.4. The third kappa shape index (κ3) is 4.09. The Balaban J connectivity index is 2.15. The number of ketones is 1. The summed E-state index contributed by atoms with van der Waals surface area (Å²) in [6.07, 6.45) is 0.553. The van der Waals surface area contributed by atoms with Crippen LogP contribution in [-0.2, 0) is 9.59 Å². The lowest BCUT2D eigenvalue weighted by Gasteiger charge is -2.08. The topological polar surface area (TPSA) is 164 Å². The summed E-state index contributed by atoms with van der Waals surface area (Å²) in [5.74, 6) is -6.31. The maximum absolute atomic E-state index is 12.1. The van der Waals surface area contributed by atoms with Crippen molar-refractivity contribution in [2.75, 3.05) is 5.32 Å². The molecule has 0 atom stereocenters. The van der Waals surface area contributed by atoms with E-state index in [1.165, 1.54) is 24.3 Å². The number of phenolic OH excluding ortho intramolecular Hbond substituents is 3. The Hall–Kier alpha value is -4.01. The molecule has 1 amide bonds. The van der Waals surface area contributed by atoms with Crippen molar-refractivity contribution in [3.63, 3.8) is 0 Å². The fourth-order valence-corrected chi connectivity index (χ4v) is 1.93. The molecule has 0 radical (unpaired) electrons. The van der Waals surface area contributed by atoms with E-state index in [1.807, 2.05) is 0 Å². The van der Waals surface area contributed by atoms with Gasteiger partial charge in [0.2, 0.25) is 0 Å². The summed E-state index contributed by atoms with van der Waals surface area (Å²) in [5, 5.41) is 48.7.